The first-order chi connectivity index (χ1) is 8.82. The second-order valence-electron chi connectivity index (χ2n) is 5.03. The number of halogens is 2. The maximum absolute atomic E-state index is 13.1. The van der Waals surface area contributed by atoms with Crippen molar-refractivity contribution >= 4 is 17.3 Å². The first-order valence-corrected chi connectivity index (χ1v) is 7.27. The van der Waals surface area contributed by atoms with Gasteiger partial charge in [0, 0.05) is 25.0 Å². The molecule has 114 valence electrons. The zero-order valence-corrected chi connectivity index (χ0v) is 12.8. The van der Waals surface area contributed by atoms with Gasteiger partial charge in [0.25, 0.3) is 5.92 Å². The van der Waals surface area contributed by atoms with Crippen LogP contribution >= 0.6 is 12.2 Å². The van der Waals surface area contributed by atoms with Crippen molar-refractivity contribution in [2.45, 2.75) is 58.4 Å². The predicted molar refractivity (Wildman–Crippen MR) is 78.2 cm³/mol. The molecule has 6 heteroatoms. The number of nitrogens with two attached hydrogens (primary N) is 1. The normalized spacial score (nSPS) is 29.7. The third kappa shape index (κ3) is 5.99. The van der Waals surface area contributed by atoms with E-state index in [0.29, 0.717) is 12.8 Å². The van der Waals surface area contributed by atoms with Crippen LogP contribution in [0.2, 0.25) is 0 Å². The fourth-order valence-electron chi connectivity index (χ4n) is 2.57. The average molecular weight is 296 g/mol. The van der Waals surface area contributed by atoms with Gasteiger partial charge in [0.05, 0.1) is 0 Å². The van der Waals surface area contributed by atoms with E-state index in [0.717, 1.165) is 0 Å². The topological polar surface area (TPSA) is 58.3 Å². The summed E-state index contributed by atoms with van der Waals surface area (Å²) in [5.41, 5.74) is 5.30. The summed E-state index contributed by atoms with van der Waals surface area (Å²) in [5.74, 6) is -2.84. The van der Waals surface area contributed by atoms with Gasteiger partial charge >= 0.3 is 0 Å². The Hall–Kier alpha value is -0.490. The molecule has 0 radical (unpaired) electrons. The van der Waals surface area contributed by atoms with E-state index in [1.54, 1.807) is 6.92 Å². The smallest absolute Gasteiger partial charge is 0.251 e. The maximum Gasteiger partial charge on any atom is 0.251 e. The van der Waals surface area contributed by atoms with Gasteiger partial charge in [0.15, 0.2) is 5.11 Å². The Morgan fingerprint density at radius 3 is 2.11 bits per heavy atom. The highest BCUT2D eigenvalue weighted by Crippen LogP contribution is 2.53. The monoisotopic (exact) mass is 296 g/mol. The number of aliphatic hydroxyl groups is 1. The quantitative estimate of drug-likeness (QED) is 0.651. The largest absolute Gasteiger partial charge is 0.397 e. The molecule has 0 unspecified atom stereocenters. The number of nitrogens with one attached hydrogen (secondary N) is 1. The minimum absolute atomic E-state index is 0.00204. The van der Waals surface area contributed by atoms with Crippen LogP contribution in [0.3, 0.4) is 0 Å². The Labute approximate surface area is 119 Å². The number of alkyl halides is 2. The predicted octanol–water partition coefficient (Wildman–Crippen LogP) is 2.67. The van der Waals surface area contributed by atoms with Gasteiger partial charge in [-0.05, 0) is 37.9 Å². The van der Waals surface area contributed by atoms with Crippen molar-refractivity contribution in [2.24, 2.45) is 17.6 Å². The van der Waals surface area contributed by atoms with Gasteiger partial charge in [0.2, 0.25) is 0 Å². The SMILES string of the molecule is CCC.CCO.NC(=S)N[C@H]1C[C@H]2C[C@@H]1CC2(F)F. The summed E-state index contributed by atoms with van der Waals surface area (Å²) in [6, 6.07) is 0.0853. The number of hydrogen-bond donors (Lipinski definition) is 3. The van der Waals surface area contributed by atoms with Crippen molar-refractivity contribution in [1.29, 1.82) is 0 Å². The molecular formula is C13H26F2N2OS. The Kier molecular flexibility index (Phi) is 8.41. The molecule has 3 atom stereocenters. The van der Waals surface area contributed by atoms with Gasteiger partial charge in [-0.3, -0.25) is 0 Å². The van der Waals surface area contributed by atoms with Crippen LogP contribution in [0.25, 0.3) is 0 Å². The second-order valence-corrected chi connectivity index (χ2v) is 5.47. The fourth-order valence-corrected chi connectivity index (χ4v) is 2.72. The number of hydrogen-bond acceptors (Lipinski definition) is 2. The zero-order chi connectivity index (χ0) is 15.1. The summed E-state index contributed by atoms with van der Waals surface area (Å²) in [6.45, 7) is 6.18. The molecule has 2 aliphatic carbocycles. The lowest BCUT2D eigenvalue weighted by molar-refractivity contribution is -0.0554. The molecule has 3 nitrogen and oxygen atoms in total. The second kappa shape index (κ2) is 8.64. The third-order valence-electron chi connectivity index (χ3n) is 3.15. The van der Waals surface area contributed by atoms with Crippen molar-refractivity contribution in [3.05, 3.63) is 0 Å². The highest BCUT2D eigenvalue weighted by Gasteiger charge is 2.56. The molecule has 19 heavy (non-hydrogen) atoms. The summed E-state index contributed by atoms with van der Waals surface area (Å²) in [4.78, 5) is 0. The lowest BCUT2D eigenvalue weighted by Gasteiger charge is -2.28. The Bertz CT molecular complexity index is 275. The van der Waals surface area contributed by atoms with Gasteiger partial charge < -0.3 is 16.2 Å². The van der Waals surface area contributed by atoms with Crippen molar-refractivity contribution in [2.75, 3.05) is 6.61 Å². The molecule has 2 fully saturated rings. The lowest BCUT2D eigenvalue weighted by Crippen LogP contribution is -2.44. The highest BCUT2D eigenvalue weighted by atomic mass is 32.1. The van der Waals surface area contributed by atoms with E-state index in [4.69, 9.17) is 10.8 Å². The number of rotatable bonds is 1. The Morgan fingerprint density at radius 2 is 1.84 bits per heavy atom. The molecule has 0 amide bonds. The molecular weight excluding hydrogens is 270 g/mol. The molecule has 0 aromatic heterocycles. The van der Waals surface area contributed by atoms with Gasteiger partial charge in [0.1, 0.15) is 0 Å². The minimum atomic E-state index is -2.45. The van der Waals surface area contributed by atoms with Crippen LogP contribution < -0.4 is 11.1 Å². The molecule has 0 aromatic rings. The molecule has 2 rings (SSSR count). The average Bonchev–Trinajstić information content (AvgIpc) is 2.74. The van der Waals surface area contributed by atoms with Crippen LogP contribution in [0.5, 0.6) is 0 Å². The molecule has 0 heterocycles. The standard InChI is InChI=1S/C8H12F2N2S.C3H8.C2H6O/c9-8(10)3-4-1-5(8)2-6(4)12-7(11)13;1-3-2;1-2-3/h4-6H,1-3H2,(H3,11,12,13);3H2,1-2H3;3H,2H2,1H3/t4-,5-,6+;;/m1../s1. The molecule has 0 aliphatic heterocycles. The van der Waals surface area contributed by atoms with Crippen LogP contribution in [0, 0.1) is 11.8 Å². The number of thiocarbonyl (C=S) groups is 1. The summed E-state index contributed by atoms with van der Waals surface area (Å²) < 4.78 is 26.1. The minimum Gasteiger partial charge on any atom is -0.397 e. The fraction of sp³-hybridized carbons (Fsp3) is 0.923. The van der Waals surface area contributed by atoms with Gasteiger partial charge in [-0.2, -0.15) is 0 Å². The van der Waals surface area contributed by atoms with Gasteiger partial charge in [-0.15, -0.1) is 0 Å². The van der Waals surface area contributed by atoms with Crippen LogP contribution in [-0.4, -0.2) is 28.8 Å². The van der Waals surface area contributed by atoms with Crippen LogP contribution in [0.4, 0.5) is 8.78 Å². The highest BCUT2D eigenvalue weighted by molar-refractivity contribution is 7.80. The summed E-state index contributed by atoms with van der Waals surface area (Å²) in [5, 5.41) is 10.7. The van der Waals surface area contributed by atoms with Crippen molar-refractivity contribution < 1.29 is 13.9 Å². The summed E-state index contributed by atoms with van der Waals surface area (Å²) in [6.07, 6.45) is 2.38. The molecule has 0 spiro atoms. The molecule has 2 aliphatic rings. The van der Waals surface area contributed by atoms with Crippen LogP contribution in [0.15, 0.2) is 0 Å². The van der Waals surface area contributed by atoms with Gasteiger partial charge in [-0.25, -0.2) is 8.78 Å². The van der Waals surface area contributed by atoms with E-state index in [1.165, 1.54) is 6.42 Å². The van der Waals surface area contributed by atoms with Crippen LogP contribution in [0.1, 0.15) is 46.5 Å². The van der Waals surface area contributed by atoms with E-state index in [2.05, 4.69) is 31.4 Å². The van der Waals surface area contributed by atoms with Crippen molar-refractivity contribution in [3.8, 4) is 0 Å². The van der Waals surface area contributed by atoms with E-state index in [-0.39, 0.29) is 30.1 Å². The maximum atomic E-state index is 13.1. The van der Waals surface area contributed by atoms with E-state index in [9.17, 15) is 8.78 Å². The van der Waals surface area contributed by atoms with E-state index in [1.807, 2.05) is 0 Å². The first kappa shape index (κ1) is 18.5. The zero-order valence-electron chi connectivity index (χ0n) is 12.0. The van der Waals surface area contributed by atoms with Crippen molar-refractivity contribution in [1.82, 2.24) is 5.32 Å². The van der Waals surface area contributed by atoms with Crippen molar-refractivity contribution in [3.63, 3.8) is 0 Å². The molecule has 2 bridgehead atoms. The van der Waals surface area contributed by atoms with Gasteiger partial charge in [-0.1, -0.05) is 20.3 Å². The van der Waals surface area contributed by atoms with E-state index < -0.39 is 11.8 Å². The Balaban J connectivity index is 0.000000465. The molecule has 0 saturated heterocycles. The third-order valence-corrected chi connectivity index (χ3v) is 3.27. The lowest BCUT2D eigenvalue weighted by atomic mass is 9.92. The summed E-state index contributed by atoms with van der Waals surface area (Å²) in [7, 11) is 0. The number of aliphatic hydroxyl groups excluding tert-OH is 1. The van der Waals surface area contributed by atoms with E-state index >= 15 is 0 Å². The molecule has 2 saturated carbocycles. The van der Waals surface area contributed by atoms with Crippen LogP contribution in [-0.2, 0) is 0 Å². The molecule has 0 aromatic carbocycles. The Morgan fingerprint density at radius 1 is 1.37 bits per heavy atom. The first-order valence-electron chi connectivity index (χ1n) is 6.86. The summed E-state index contributed by atoms with van der Waals surface area (Å²) >= 11 is 4.68. The number of fused-ring (bicyclic) bond motifs is 2. The molecule has 4 N–H and O–H groups in total.